The number of hydrogen-bond donors (Lipinski definition) is 2. The molecule has 8 nitrogen and oxygen atoms in total. The van der Waals surface area contributed by atoms with Gasteiger partial charge in [0.15, 0.2) is 5.78 Å². The average molecular weight is 513 g/mol. The maximum absolute atomic E-state index is 13.1. The van der Waals surface area contributed by atoms with Crippen LogP contribution >= 0.6 is 0 Å². The summed E-state index contributed by atoms with van der Waals surface area (Å²) in [5.41, 5.74) is 1.62. The maximum Gasteiger partial charge on any atom is 0.255 e. The van der Waals surface area contributed by atoms with Gasteiger partial charge >= 0.3 is 0 Å². The van der Waals surface area contributed by atoms with Crippen LogP contribution in [0, 0.1) is 0 Å². The monoisotopic (exact) mass is 512 g/mol. The van der Waals surface area contributed by atoms with E-state index < -0.39 is 21.5 Å². The Morgan fingerprint density at radius 2 is 1.22 bits per heavy atom. The minimum Gasteiger partial charge on any atom is -0.497 e. The first-order chi connectivity index (χ1) is 17.8. The molecule has 9 heteroatoms. The van der Waals surface area contributed by atoms with Crippen molar-refractivity contribution < 1.29 is 27.5 Å². The lowest BCUT2D eigenvalue weighted by Crippen LogP contribution is -2.21. The third-order valence-corrected chi connectivity index (χ3v) is 7.80. The molecular weight excluding hydrogens is 492 g/mol. The molecule has 0 fully saturated rings. The molecule has 0 spiro atoms. The molecule has 0 unspecified atom stereocenters. The van der Waals surface area contributed by atoms with Gasteiger partial charge in [0.05, 0.1) is 16.9 Å². The fraction of sp³-hybridized carbons (Fsp3) is 0.0357. The Balaban J connectivity index is 1.32. The summed E-state index contributed by atoms with van der Waals surface area (Å²) < 4.78 is 31.3. The highest BCUT2D eigenvalue weighted by Crippen LogP contribution is 2.34. The topological polar surface area (TPSA) is 119 Å². The number of rotatable bonds is 5. The second-order valence-electron chi connectivity index (χ2n) is 8.25. The summed E-state index contributed by atoms with van der Waals surface area (Å²) in [7, 11) is -2.40. The summed E-state index contributed by atoms with van der Waals surface area (Å²) in [4.78, 5) is 37.9. The van der Waals surface area contributed by atoms with Crippen molar-refractivity contribution in [2.24, 2.45) is 0 Å². The number of benzene rings is 4. The van der Waals surface area contributed by atoms with E-state index in [-0.39, 0.29) is 32.4 Å². The van der Waals surface area contributed by atoms with Crippen LogP contribution in [0.15, 0.2) is 101 Å². The van der Waals surface area contributed by atoms with Gasteiger partial charge < -0.3 is 15.4 Å². The summed E-state index contributed by atoms with van der Waals surface area (Å²) in [6.45, 7) is 0. The molecule has 4 aromatic rings. The predicted octanol–water partition coefficient (Wildman–Crippen LogP) is 4.58. The zero-order valence-corrected chi connectivity index (χ0v) is 20.3. The Hall–Kier alpha value is -4.76. The molecule has 0 radical (unpaired) electrons. The van der Waals surface area contributed by atoms with Gasteiger partial charge in [-0.1, -0.05) is 12.1 Å². The smallest absolute Gasteiger partial charge is 0.255 e. The van der Waals surface area contributed by atoms with E-state index in [1.807, 2.05) is 0 Å². The van der Waals surface area contributed by atoms with Gasteiger partial charge in [0.1, 0.15) is 5.75 Å². The standard InChI is InChI=1S/C28H20N2O6S/c1-36-21-13-11-20(12-14-21)29-27(32)17-6-9-19(10-7-17)30-28(33)18-8-15-23-25(16-18)37(34,35)24-5-3-2-4-22(24)26(23)31/h2-16H,1H3,(H,29,32)(H,30,33). The summed E-state index contributed by atoms with van der Waals surface area (Å²) in [6, 6.07) is 23.1. The van der Waals surface area contributed by atoms with E-state index in [2.05, 4.69) is 10.6 Å². The Morgan fingerprint density at radius 3 is 1.86 bits per heavy atom. The number of methoxy groups -OCH3 is 1. The van der Waals surface area contributed by atoms with Crippen LogP contribution in [0.2, 0.25) is 0 Å². The lowest BCUT2D eigenvalue weighted by molar-refractivity contribution is 0.101. The summed E-state index contributed by atoms with van der Waals surface area (Å²) >= 11 is 0. The second kappa shape index (κ2) is 9.36. The maximum atomic E-state index is 13.1. The molecular formula is C28H20N2O6S. The van der Waals surface area contributed by atoms with Gasteiger partial charge in [-0.05, 0) is 78.9 Å². The SMILES string of the molecule is COc1ccc(NC(=O)c2ccc(NC(=O)c3ccc4c(c3)S(=O)(=O)c3ccccc3C4=O)cc2)cc1. The molecule has 2 amide bonds. The van der Waals surface area contributed by atoms with Crippen molar-refractivity contribution in [2.45, 2.75) is 9.79 Å². The van der Waals surface area contributed by atoms with Crippen LogP contribution in [0.25, 0.3) is 0 Å². The van der Waals surface area contributed by atoms with E-state index in [9.17, 15) is 22.8 Å². The molecule has 1 aliphatic heterocycles. The minimum atomic E-state index is -3.96. The van der Waals surface area contributed by atoms with E-state index in [0.717, 1.165) is 0 Å². The molecule has 0 saturated heterocycles. The van der Waals surface area contributed by atoms with Crippen molar-refractivity contribution in [3.8, 4) is 5.75 Å². The van der Waals surface area contributed by atoms with Crippen LogP contribution in [-0.4, -0.2) is 33.1 Å². The van der Waals surface area contributed by atoms with Crippen molar-refractivity contribution >= 4 is 38.8 Å². The first-order valence-electron chi connectivity index (χ1n) is 11.2. The molecule has 0 aliphatic carbocycles. The normalized spacial score (nSPS) is 13.2. The molecule has 4 aromatic carbocycles. The Bertz CT molecular complexity index is 1660. The van der Waals surface area contributed by atoms with Gasteiger partial charge in [0.25, 0.3) is 11.8 Å². The lowest BCUT2D eigenvalue weighted by atomic mass is 10.0. The van der Waals surface area contributed by atoms with Gasteiger partial charge in [-0.25, -0.2) is 8.42 Å². The minimum absolute atomic E-state index is 0.0301. The van der Waals surface area contributed by atoms with Crippen LogP contribution < -0.4 is 15.4 Å². The van der Waals surface area contributed by atoms with Crippen LogP contribution in [0.3, 0.4) is 0 Å². The molecule has 5 rings (SSSR count). The molecule has 1 heterocycles. The first kappa shape index (κ1) is 24.0. The van der Waals surface area contributed by atoms with Crippen molar-refractivity contribution in [3.63, 3.8) is 0 Å². The fourth-order valence-corrected chi connectivity index (χ4v) is 5.69. The lowest BCUT2D eigenvalue weighted by Gasteiger charge is -2.19. The second-order valence-corrected chi connectivity index (χ2v) is 10.1. The van der Waals surface area contributed by atoms with E-state index >= 15 is 0 Å². The largest absolute Gasteiger partial charge is 0.497 e. The predicted molar refractivity (Wildman–Crippen MR) is 137 cm³/mol. The molecule has 1 aliphatic rings. The highest BCUT2D eigenvalue weighted by molar-refractivity contribution is 7.91. The number of hydrogen-bond acceptors (Lipinski definition) is 6. The van der Waals surface area contributed by atoms with E-state index in [1.54, 1.807) is 67.8 Å². The van der Waals surface area contributed by atoms with Crippen molar-refractivity contribution in [1.82, 2.24) is 0 Å². The quantitative estimate of drug-likeness (QED) is 0.356. The van der Waals surface area contributed by atoms with E-state index in [4.69, 9.17) is 4.74 Å². The van der Waals surface area contributed by atoms with Crippen molar-refractivity contribution in [2.75, 3.05) is 17.7 Å². The van der Waals surface area contributed by atoms with Crippen LogP contribution in [-0.2, 0) is 9.84 Å². The number of carbonyl (C=O) groups excluding carboxylic acids is 3. The molecule has 0 aromatic heterocycles. The van der Waals surface area contributed by atoms with Gasteiger partial charge in [-0.15, -0.1) is 0 Å². The number of fused-ring (bicyclic) bond motifs is 2. The highest BCUT2D eigenvalue weighted by Gasteiger charge is 2.35. The van der Waals surface area contributed by atoms with Crippen molar-refractivity contribution in [3.05, 3.63) is 113 Å². The van der Waals surface area contributed by atoms with E-state index in [1.165, 1.54) is 30.3 Å². The molecule has 37 heavy (non-hydrogen) atoms. The summed E-state index contributed by atoms with van der Waals surface area (Å²) in [5, 5.41) is 5.46. The summed E-state index contributed by atoms with van der Waals surface area (Å²) in [5.74, 6) is -0.616. The van der Waals surface area contributed by atoms with Gasteiger partial charge in [0.2, 0.25) is 9.84 Å². The third kappa shape index (κ3) is 4.48. The highest BCUT2D eigenvalue weighted by atomic mass is 32.2. The fourth-order valence-electron chi connectivity index (χ4n) is 4.01. The molecule has 0 saturated carbocycles. The molecule has 0 atom stereocenters. The third-order valence-electron chi connectivity index (χ3n) is 5.95. The average Bonchev–Trinajstić information content (AvgIpc) is 2.92. The summed E-state index contributed by atoms with van der Waals surface area (Å²) in [6.07, 6.45) is 0. The number of sulfone groups is 1. The number of anilines is 2. The van der Waals surface area contributed by atoms with Gasteiger partial charge in [0, 0.05) is 33.6 Å². The molecule has 2 N–H and O–H groups in total. The van der Waals surface area contributed by atoms with Gasteiger partial charge in [-0.2, -0.15) is 0 Å². The zero-order chi connectivity index (χ0) is 26.2. The van der Waals surface area contributed by atoms with E-state index in [0.29, 0.717) is 22.7 Å². The number of carbonyl (C=O) groups is 3. The Morgan fingerprint density at radius 1 is 0.676 bits per heavy atom. The van der Waals surface area contributed by atoms with Crippen LogP contribution in [0.4, 0.5) is 11.4 Å². The Labute approximate surface area is 212 Å². The molecule has 184 valence electrons. The van der Waals surface area contributed by atoms with Crippen molar-refractivity contribution in [1.29, 1.82) is 0 Å². The number of amides is 2. The van der Waals surface area contributed by atoms with Gasteiger partial charge in [-0.3, -0.25) is 14.4 Å². The number of ketones is 1. The Kier molecular flexibility index (Phi) is 6.06. The number of nitrogens with one attached hydrogen (secondary N) is 2. The molecule has 0 bridgehead atoms. The van der Waals surface area contributed by atoms with Crippen LogP contribution in [0.5, 0.6) is 5.75 Å². The van der Waals surface area contributed by atoms with Crippen LogP contribution in [0.1, 0.15) is 36.6 Å². The number of ether oxygens (including phenoxy) is 1. The first-order valence-corrected chi connectivity index (χ1v) is 12.7. The zero-order valence-electron chi connectivity index (χ0n) is 19.5.